The number of fused-ring (bicyclic) bond motifs is 1. The molecule has 0 radical (unpaired) electrons. The second kappa shape index (κ2) is 6.89. The summed E-state index contributed by atoms with van der Waals surface area (Å²) in [5.41, 5.74) is 1.80. The summed E-state index contributed by atoms with van der Waals surface area (Å²) in [7, 11) is 0. The van der Waals surface area contributed by atoms with Crippen LogP contribution in [0.1, 0.15) is 5.69 Å². The molecule has 1 N–H and O–H groups in total. The Kier molecular flexibility index (Phi) is 4.43. The molecule has 4 rings (SSSR count). The Morgan fingerprint density at radius 2 is 1.96 bits per heavy atom. The number of benzene rings is 1. The maximum absolute atomic E-state index is 12.3. The lowest BCUT2D eigenvalue weighted by Crippen LogP contribution is -2.15. The van der Waals surface area contributed by atoms with Crippen molar-refractivity contribution in [1.82, 2.24) is 29.6 Å². The zero-order chi connectivity index (χ0) is 18.1. The lowest BCUT2D eigenvalue weighted by atomic mass is 10.3. The number of rotatable bonds is 4. The number of hydrogen-bond acceptors (Lipinski definition) is 7. The van der Waals surface area contributed by atoms with Gasteiger partial charge in [0.15, 0.2) is 0 Å². The maximum atomic E-state index is 12.3. The monoisotopic (exact) mass is 430 g/mol. The van der Waals surface area contributed by atoms with Crippen molar-refractivity contribution in [2.45, 2.75) is 10.9 Å². The molecule has 8 nitrogen and oxygen atoms in total. The summed E-state index contributed by atoms with van der Waals surface area (Å²) in [6.07, 6.45) is 1.69. The zero-order valence-corrected chi connectivity index (χ0v) is 15.6. The molecular weight excluding hydrogens is 420 g/mol. The SMILES string of the molecule is O=c1cc(CSc2nnnn2-c2ccc(O)cc2)nc2ccc(Br)cn12. The van der Waals surface area contributed by atoms with Gasteiger partial charge in [0.1, 0.15) is 11.4 Å². The van der Waals surface area contributed by atoms with Crippen LogP contribution >= 0.6 is 27.7 Å². The lowest BCUT2D eigenvalue weighted by molar-refractivity contribution is 0.475. The van der Waals surface area contributed by atoms with Gasteiger partial charge in [0.25, 0.3) is 5.56 Å². The van der Waals surface area contributed by atoms with Gasteiger partial charge in [-0.3, -0.25) is 9.20 Å². The number of halogens is 1. The van der Waals surface area contributed by atoms with Crippen molar-refractivity contribution in [3.63, 3.8) is 0 Å². The van der Waals surface area contributed by atoms with Gasteiger partial charge in [-0.15, -0.1) is 5.10 Å². The number of nitrogens with zero attached hydrogens (tertiary/aromatic N) is 6. The van der Waals surface area contributed by atoms with Gasteiger partial charge in [-0.2, -0.15) is 4.68 Å². The molecule has 0 amide bonds. The Hall–Kier alpha value is -2.72. The Bertz CT molecular complexity index is 1140. The Morgan fingerprint density at radius 1 is 1.15 bits per heavy atom. The van der Waals surface area contributed by atoms with Crippen LogP contribution in [0.3, 0.4) is 0 Å². The zero-order valence-electron chi connectivity index (χ0n) is 13.2. The molecule has 0 saturated carbocycles. The summed E-state index contributed by atoms with van der Waals surface area (Å²) in [5, 5.41) is 21.6. The van der Waals surface area contributed by atoms with E-state index in [4.69, 9.17) is 0 Å². The fourth-order valence-electron chi connectivity index (χ4n) is 2.36. The first-order valence-electron chi connectivity index (χ1n) is 7.48. The molecule has 0 bridgehead atoms. The second-order valence-corrected chi connectivity index (χ2v) is 7.20. The van der Waals surface area contributed by atoms with Gasteiger partial charge in [0.05, 0.1) is 11.4 Å². The van der Waals surface area contributed by atoms with Crippen LogP contribution in [-0.2, 0) is 5.75 Å². The highest BCUT2D eigenvalue weighted by Gasteiger charge is 2.11. The van der Waals surface area contributed by atoms with Crippen molar-refractivity contribution >= 4 is 33.3 Å². The summed E-state index contributed by atoms with van der Waals surface area (Å²) >= 11 is 4.72. The van der Waals surface area contributed by atoms with Gasteiger partial charge in [0, 0.05) is 22.5 Å². The molecule has 0 aliphatic heterocycles. The second-order valence-electron chi connectivity index (χ2n) is 5.34. The number of pyridine rings is 1. The first-order chi connectivity index (χ1) is 12.6. The lowest BCUT2D eigenvalue weighted by Gasteiger charge is -2.06. The molecule has 0 fully saturated rings. The Balaban J connectivity index is 1.60. The number of tetrazole rings is 1. The number of aromatic nitrogens is 6. The molecule has 0 aliphatic carbocycles. The summed E-state index contributed by atoms with van der Waals surface area (Å²) in [6, 6.07) is 11.7. The quantitative estimate of drug-likeness (QED) is 0.496. The van der Waals surface area contributed by atoms with Crippen LogP contribution in [0.25, 0.3) is 11.3 Å². The van der Waals surface area contributed by atoms with E-state index in [9.17, 15) is 9.90 Å². The first kappa shape index (κ1) is 16.7. The van der Waals surface area contributed by atoms with Crippen molar-refractivity contribution in [3.05, 3.63) is 69.2 Å². The molecule has 3 aromatic heterocycles. The van der Waals surface area contributed by atoms with E-state index < -0.39 is 0 Å². The van der Waals surface area contributed by atoms with E-state index in [1.165, 1.54) is 22.2 Å². The van der Waals surface area contributed by atoms with E-state index >= 15 is 0 Å². The number of phenolic OH excluding ortho intramolecular Hbond substituents is 1. The molecule has 0 spiro atoms. The number of hydrogen-bond donors (Lipinski definition) is 1. The molecule has 0 aliphatic rings. The molecular formula is C16H11BrN6O2S. The van der Waals surface area contributed by atoms with Crippen molar-refractivity contribution in [2.24, 2.45) is 0 Å². The average molecular weight is 431 g/mol. The summed E-state index contributed by atoms with van der Waals surface area (Å²) in [5.74, 6) is 0.615. The van der Waals surface area contributed by atoms with E-state index in [0.29, 0.717) is 22.3 Å². The molecule has 0 unspecified atom stereocenters. The largest absolute Gasteiger partial charge is 0.508 e. The number of phenols is 1. The predicted octanol–water partition coefficient (Wildman–Crippen LogP) is 2.43. The normalized spacial score (nSPS) is 11.1. The van der Waals surface area contributed by atoms with E-state index in [1.54, 1.807) is 41.2 Å². The molecule has 130 valence electrons. The van der Waals surface area contributed by atoms with E-state index in [1.807, 2.05) is 6.07 Å². The third-order valence-corrected chi connectivity index (χ3v) is 4.98. The predicted molar refractivity (Wildman–Crippen MR) is 99.5 cm³/mol. The van der Waals surface area contributed by atoms with Crippen molar-refractivity contribution in [3.8, 4) is 11.4 Å². The third-order valence-electron chi connectivity index (χ3n) is 3.56. The minimum absolute atomic E-state index is 0.148. The van der Waals surface area contributed by atoms with E-state index in [0.717, 1.165) is 10.2 Å². The minimum atomic E-state index is -0.148. The molecule has 10 heteroatoms. The van der Waals surface area contributed by atoms with Crippen LogP contribution in [0.5, 0.6) is 5.75 Å². The van der Waals surface area contributed by atoms with E-state index in [-0.39, 0.29) is 11.3 Å². The van der Waals surface area contributed by atoms with Crippen LogP contribution in [0, 0.1) is 0 Å². The maximum Gasteiger partial charge on any atom is 0.258 e. The summed E-state index contributed by atoms with van der Waals surface area (Å²) in [6.45, 7) is 0. The highest BCUT2D eigenvalue weighted by Crippen LogP contribution is 2.22. The van der Waals surface area contributed by atoms with Gasteiger partial charge < -0.3 is 5.11 Å². The topological polar surface area (TPSA) is 98.2 Å². The van der Waals surface area contributed by atoms with Crippen LogP contribution in [0.15, 0.2) is 63.1 Å². The molecule has 0 atom stereocenters. The molecule has 4 aromatic rings. The van der Waals surface area contributed by atoms with Gasteiger partial charge >= 0.3 is 0 Å². The minimum Gasteiger partial charge on any atom is -0.508 e. The highest BCUT2D eigenvalue weighted by atomic mass is 79.9. The van der Waals surface area contributed by atoms with Crippen molar-refractivity contribution < 1.29 is 5.11 Å². The van der Waals surface area contributed by atoms with Gasteiger partial charge in [-0.05, 0) is 62.8 Å². The Labute approximate surface area is 159 Å². The van der Waals surface area contributed by atoms with Gasteiger partial charge in [-0.1, -0.05) is 11.8 Å². The van der Waals surface area contributed by atoms with Crippen LogP contribution < -0.4 is 5.56 Å². The summed E-state index contributed by atoms with van der Waals surface area (Å²) in [4.78, 5) is 16.8. The number of aromatic hydroxyl groups is 1. The van der Waals surface area contributed by atoms with Crippen LogP contribution in [0.4, 0.5) is 0 Å². The molecule has 3 heterocycles. The average Bonchev–Trinajstić information content (AvgIpc) is 3.10. The number of thioether (sulfide) groups is 1. The molecule has 1 aromatic carbocycles. The fraction of sp³-hybridized carbons (Fsp3) is 0.0625. The van der Waals surface area contributed by atoms with E-state index in [2.05, 4.69) is 36.4 Å². The van der Waals surface area contributed by atoms with Crippen LogP contribution in [-0.4, -0.2) is 34.7 Å². The first-order valence-corrected chi connectivity index (χ1v) is 9.26. The smallest absolute Gasteiger partial charge is 0.258 e. The molecule has 0 saturated heterocycles. The highest BCUT2D eigenvalue weighted by molar-refractivity contribution is 9.10. The molecule has 26 heavy (non-hydrogen) atoms. The third kappa shape index (κ3) is 3.33. The van der Waals surface area contributed by atoms with Crippen LogP contribution in [0.2, 0.25) is 0 Å². The van der Waals surface area contributed by atoms with Crippen molar-refractivity contribution in [2.75, 3.05) is 0 Å². The summed E-state index contributed by atoms with van der Waals surface area (Å²) < 4.78 is 3.86. The fourth-order valence-corrected chi connectivity index (χ4v) is 3.48. The van der Waals surface area contributed by atoms with Crippen molar-refractivity contribution in [1.29, 1.82) is 0 Å². The Morgan fingerprint density at radius 3 is 2.77 bits per heavy atom. The van der Waals surface area contributed by atoms with Gasteiger partial charge in [0.2, 0.25) is 5.16 Å². The standard InChI is InChI=1S/C16H11BrN6O2S/c17-10-1-6-14-18-11(7-15(25)22(14)8-10)9-26-16-19-20-21-23(16)12-2-4-13(24)5-3-12/h1-8,24H,9H2. The van der Waals surface area contributed by atoms with Gasteiger partial charge in [-0.25, -0.2) is 4.98 Å².